The summed E-state index contributed by atoms with van der Waals surface area (Å²) >= 11 is 13.4. The van der Waals surface area contributed by atoms with Gasteiger partial charge >= 0.3 is 0 Å². The monoisotopic (exact) mass is 284 g/mol. The average Bonchev–Trinajstić information content (AvgIpc) is 2.35. The van der Waals surface area contributed by atoms with Crippen molar-refractivity contribution in [2.24, 2.45) is 5.92 Å². The second kappa shape index (κ2) is 2.24. The lowest BCUT2D eigenvalue weighted by Gasteiger charge is -2.18. The number of hydrogen-bond donors (Lipinski definition) is 0. The Balaban J connectivity index is 2.45. The van der Waals surface area contributed by atoms with E-state index in [-0.39, 0.29) is 4.87 Å². The normalized spacial score (nSPS) is 45.3. The van der Waals surface area contributed by atoms with Crippen molar-refractivity contribution < 1.29 is 0 Å². The molecule has 0 aliphatic heterocycles. The molecule has 2 aliphatic carbocycles. The van der Waals surface area contributed by atoms with Crippen LogP contribution < -0.4 is 0 Å². The Labute approximate surface area is 82.3 Å². The molecule has 2 unspecified atom stereocenters. The van der Waals surface area contributed by atoms with E-state index < -0.39 is 0 Å². The zero-order valence-corrected chi connectivity index (χ0v) is 9.26. The number of allylic oxidation sites excluding steroid dienone is 2. The molecule has 2 bridgehead atoms. The molecule has 2 rings (SSSR count). The van der Waals surface area contributed by atoms with Crippen LogP contribution in [0.1, 0.15) is 19.3 Å². The van der Waals surface area contributed by atoms with Gasteiger partial charge in [0.25, 0.3) is 0 Å². The Morgan fingerprint density at radius 3 is 2.50 bits per heavy atom. The zero-order valence-electron chi connectivity index (χ0n) is 5.33. The van der Waals surface area contributed by atoms with Crippen LogP contribution >= 0.6 is 43.5 Å². The minimum Gasteiger partial charge on any atom is -0.113 e. The van der Waals surface area contributed by atoms with Crippen molar-refractivity contribution in [1.29, 1.82) is 0 Å². The van der Waals surface area contributed by atoms with E-state index in [0.717, 1.165) is 12.8 Å². The number of fused-ring (bicyclic) bond motifs is 2. The lowest BCUT2D eigenvalue weighted by atomic mass is 10.1. The molecule has 2 atom stereocenters. The van der Waals surface area contributed by atoms with Crippen molar-refractivity contribution in [3.63, 3.8) is 0 Å². The molecule has 1 saturated carbocycles. The van der Waals surface area contributed by atoms with E-state index in [1.165, 1.54) is 15.4 Å². The Morgan fingerprint density at radius 2 is 2.20 bits per heavy atom. The molecule has 0 aromatic heterocycles. The number of hydrogen-bond acceptors (Lipinski definition) is 0. The van der Waals surface area contributed by atoms with Crippen LogP contribution in [-0.4, -0.2) is 4.87 Å². The number of alkyl halides is 1. The van der Waals surface area contributed by atoms with Crippen molar-refractivity contribution in [3.05, 3.63) is 8.96 Å². The SMILES string of the molecule is ClC12CCC(C1)C(Br)=C2Br. The van der Waals surface area contributed by atoms with E-state index in [4.69, 9.17) is 11.6 Å². The molecule has 0 aromatic rings. The second-order valence-corrected chi connectivity index (χ2v) is 5.44. The van der Waals surface area contributed by atoms with E-state index in [1.54, 1.807) is 0 Å². The summed E-state index contributed by atoms with van der Waals surface area (Å²) in [5, 5.41) is 0. The Kier molecular flexibility index (Phi) is 1.71. The first kappa shape index (κ1) is 7.63. The molecular formula is C7H7Br2Cl. The van der Waals surface area contributed by atoms with Gasteiger partial charge in [0.15, 0.2) is 0 Å². The smallest absolute Gasteiger partial charge is 0.0773 e. The Bertz CT molecular complexity index is 212. The van der Waals surface area contributed by atoms with Gasteiger partial charge < -0.3 is 0 Å². The molecular weight excluding hydrogens is 279 g/mol. The molecule has 0 spiro atoms. The van der Waals surface area contributed by atoms with Gasteiger partial charge in [-0.25, -0.2) is 0 Å². The molecule has 2 aliphatic rings. The number of rotatable bonds is 0. The Morgan fingerprint density at radius 1 is 1.50 bits per heavy atom. The average molecular weight is 286 g/mol. The van der Waals surface area contributed by atoms with Crippen molar-refractivity contribution in [3.8, 4) is 0 Å². The predicted molar refractivity (Wildman–Crippen MR) is 50.8 cm³/mol. The van der Waals surface area contributed by atoms with Gasteiger partial charge in [-0.15, -0.1) is 11.6 Å². The molecule has 0 N–H and O–H groups in total. The fraction of sp³-hybridized carbons (Fsp3) is 0.714. The van der Waals surface area contributed by atoms with Gasteiger partial charge in [0.2, 0.25) is 0 Å². The van der Waals surface area contributed by atoms with E-state index in [1.807, 2.05) is 0 Å². The maximum Gasteiger partial charge on any atom is 0.0773 e. The minimum atomic E-state index is -0.0382. The first-order chi connectivity index (χ1) is 4.63. The number of halogens is 3. The molecule has 0 amide bonds. The van der Waals surface area contributed by atoms with Crippen LogP contribution in [0.4, 0.5) is 0 Å². The molecule has 3 heteroatoms. The van der Waals surface area contributed by atoms with Crippen LogP contribution in [0, 0.1) is 5.92 Å². The molecule has 56 valence electrons. The summed E-state index contributed by atoms with van der Waals surface area (Å²) in [5.41, 5.74) is 0. The van der Waals surface area contributed by atoms with Crippen molar-refractivity contribution in [1.82, 2.24) is 0 Å². The summed E-state index contributed by atoms with van der Waals surface area (Å²) in [7, 11) is 0. The van der Waals surface area contributed by atoms with Crippen molar-refractivity contribution >= 4 is 43.5 Å². The first-order valence-electron chi connectivity index (χ1n) is 3.38. The van der Waals surface area contributed by atoms with Crippen molar-refractivity contribution in [2.45, 2.75) is 24.1 Å². The van der Waals surface area contributed by atoms with E-state index >= 15 is 0 Å². The van der Waals surface area contributed by atoms with Crippen LogP contribution in [0.15, 0.2) is 8.96 Å². The quantitative estimate of drug-likeness (QED) is 0.595. The Hall–Kier alpha value is 0.990. The third kappa shape index (κ3) is 0.850. The fourth-order valence-electron chi connectivity index (χ4n) is 1.81. The van der Waals surface area contributed by atoms with Gasteiger partial charge in [-0.3, -0.25) is 0 Å². The summed E-state index contributed by atoms with van der Waals surface area (Å²) in [6, 6.07) is 0. The minimum absolute atomic E-state index is 0.0382. The lowest BCUT2D eigenvalue weighted by Crippen LogP contribution is -2.13. The van der Waals surface area contributed by atoms with Crippen LogP contribution in [0.3, 0.4) is 0 Å². The van der Waals surface area contributed by atoms with Gasteiger partial charge in [0, 0.05) is 8.96 Å². The topological polar surface area (TPSA) is 0 Å². The first-order valence-corrected chi connectivity index (χ1v) is 5.34. The second-order valence-electron chi connectivity index (χ2n) is 3.07. The highest BCUT2D eigenvalue weighted by Crippen LogP contribution is 2.58. The summed E-state index contributed by atoms with van der Waals surface area (Å²) in [4.78, 5) is -0.0382. The molecule has 0 saturated heterocycles. The van der Waals surface area contributed by atoms with Crippen LogP contribution in [0.25, 0.3) is 0 Å². The summed E-state index contributed by atoms with van der Waals surface area (Å²) in [6.45, 7) is 0. The van der Waals surface area contributed by atoms with Gasteiger partial charge in [-0.2, -0.15) is 0 Å². The molecule has 1 fully saturated rings. The molecule has 0 heterocycles. The summed E-state index contributed by atoms with van der Waals surface area (Å²) in [6.07, 6.45) is 3.50. The zero-order chi connectivity index (χ0) is 7.35. The summed E-state index contributed by atoms with van der Waals surface area (Å²) < 4.78 is 2.49. The third-order valence-corrected chi connectivity index (χ3v) is 5.94. The predicted octanol–water partition coefficient (Wildman–Crippen LogP) is 3.78. The van der Waals surface area contributed by atoms with Crippen molar-refractivity contribution in [2.75, 3.05) is 0 Å². The lowest BCUT2D eigenvalue weighted by molar-refractivity contribution is 0.691. The van der Waals surface area contributed by atoms with Crippen LogP contribution in [0.5, 0.6) is 0 Å². The fourth-order valence-corrected chi connectivity index (χ4v) is 3.77. The maximum atomic E-state index is 6.31. The van der Waals surface area contributed by atoms with Crippen LogP contribution in [0.2, 0.25) is 0 Å². The largest absolute Gasteiger partial charge is 0.113 e. The van der Waals surface area contributed by atoms with E-state index in [0.29, 0.717) is 5.92 Å². The van der Waals surface area contributed by atoms with Gasteiger partial charge in [-0.1, -0.05) is 31.9 Å². The molecule has 0 nitrogen and oxygen atoms in total. The third-order valence-electron chi connectivity index (χ3n) is 2.42. The van der Waals surface area contributed by atoms with Gasteiger partial charge in [0.1, 0.15) is 0 Å². The highest BCUT2D eigenvalue weighted by atomic mass is 79.9. The van der Waals surface area contributed by atoms with Gasteiger partial charge in [-0.05, 0) is 25.2 Å². The maximum absolute atomic E-state index is 6.31. The highest BCUT2D eigenvalue weighted by molar-refractivity contribution is 9.14. The molecule has 0 radical (unpaired) electrons. The highest BCUT2D eigenvalue weighted by Gasteiger charge is 2.48. The standard InChI is InChI=1S/C7H7Br2Cl/c8-5-4-1-2-7(10,3-4)6(5)9/h4H,1-3H2. The van der Waals surface area contributed by atoms with Gasteiger partial charge in [0.05, 0.1) is 4.87 Å². The molecule has 0 aromatic carbocycles. The van der Waals surface area contributed by atoms with Crippen LogP contribution in [-0.2, 0) is 0 Å². The summed E-state index contributed by atoms with van der Waals surface area (Å²) in [5.74, 6) is 0.701. The van der Waals surface area contributed by atoms with E-state index in [2.05, 4.69) is 31.9 Å². The van der Waals surface area contributed by atoms with E-state index in [9.17, 15) is 0 Å². The molecule has 10 heavy (non-hydrogen) atoms.